The molecule has 0 aliphatic heterocycles. The van der Waals surface area contributed by atoms with E-state index in [2.05, 4.69) is 4.99 Å². The number of nitrogens with zero attached hydrogens (tertiary/aromatic N) is 1. The van der Waals surface area contributed by atoms with Crippen LogP contribution < -0.4 is 14.2 Å². The van der Waals surface area contributed by atoms with Crippen LogP contribution in [0.5, 0.6) is 17.2 Å². The van der Waals surface area contributed by atoms with Crippen LogP contribution >= 0.6 is 0 Å². The molecule has 0 saturated heterocycles. The molecule has 0 aliphatic carbocycles. The van der Waals surface area contributed by atoms with Crippen molar-refractivity contribution >= 4 is 17.7 Å². The Morgan fingerprint density at radius 2 is 1.52 bits per heavy atom. The fourth-order valence-corrected chi connectivity index (χ4v) is 2.11. The van der Waals surface area contributed by atoms with Crippen molar-refractivity contribution in [3.8, 4) is 17.2 Å². The molecule has 0 bridgehead atoms. The van der Waals surface area contributed by atoms with Crippen molar-refractivity contribution in [2.45, 2.75) is 6.92 Å². The average molecular weight is 313 g/mol. The summed E-state index contributed by atoms with van der Waals surface area (Å²) in [5.41, 5.74) is 2.23. The summed E-state index contributed by atoms with van der Waals surface area (Å²) in [6.45, 7) is 1.54. The van der Waals surface area contributed by atoms with Gasteiger partial charge in [-0.1, -0.05) is 0 Å². The fraction of sp³-hybridized carbons (Fsp3) is 0.222. The second-order valence-electron chi connectivity index (χ2n) is 4.82. The number of hydrogen-bond donors (Lipinski definition) is 0. The molecule has 2 rings (SSSR count). The number of carbonyl (C=O) groups is 1. The van der Waals surface area contributed by atoms with Gasteiger partial charge in [0.05, 0.1) is 27.0 Å². The quantitative estimate of drug-likeness (QED) is 0.603. The Balaban J connectivity index is 2.30. The standard InChI is InChI=1S/C18H19NO4/c1-12(20)14-5-7-15(8-6-14)19-11-13-9-16(21-2)18(23-4)17(10-13)22-3/h5-11H,1-4H3. The molecule has 0 radical (unpaired) electrons. The number of carbonyl (C=O) groups excluding carboxylic acids is 1. The Morgan fingerprint density at radius 1 is 0.957 bits per heavy atom. The zero-order valence-electron chi connectivity index (χ0n) is 13.6. The molecule has 0 saturated carbocycles. The lowest BCUT2D eigenvalue weighted by Crippen LogP contribution is -1.96. The summed E-state index contributed by atoms with van der Waals surface area (Å²) in [6.07, 6.45) is 1.70. The van der Waals surface area contributed by atoms with E-state index in [0.717, 1.165) is 11.3 Å². The molecule has 0 amide bonds. The van der Waals surface area contributed by atoms with Crippen molar-refractivity contribution in [2.24, 2.45) is 4.99 Å². The highest BCUT2D eigenvalue weighted by Crippen LogP contribution is 2.37. The van der Waals surface area contributed by atoms with Crippen molar-refractivity contribution in [3.05, 3.63) is 47.5 Å². The van der Waals surface area contributed by atoms with E-state index in [-0.39, 0.29) is 5.78 Å². The highest BCUT2D eigenvalue weighted by atomic mass is 16.5. The maximum atomic E-state index is 11.3. The molecule has 5 nitrogen and oxygen atoms in total. The summed E-state index contributed by atoms with van der Waals surface area (Å²) in [5.74, 6) is 1.71. The molecule has 23 heavy (non-hydrogen) atoms. The lowest BCUT2D eigenvalue weighted by molar-refractivity contribution is 0.101. The number of Topliss-reactive ketones (excluding diaryl/α,β-unsaturated/α-hetero) is 1. The van der Waals surface area contributed by atoms with Crippen LogP contribution in [0.1, 0.15) is 22.8 Å². The topological polar surface area (TPSA) is 57.1 Å². The molecule has 5 heteroatoms. The predicted molar refractivity (Wildman–Crippen MR) is 89.8 cm³/mol. The SMILES string of the molecule is COc1cc(C=Nc2ccc(C(C)=O)cc2)cc(OC)c1OC. The lowest BCUT2D eigenvalue weighted by Gasteiger charge is -2.12. The van der Waals surface area contributed by atoms with E-state index >= 15 is 0 Å². The highest BCUT2D eigenvalue weighted by molar-refractivity contribution is 5.94. The highest BCUT2D eigenvalue weighted by Gasteiger charge is 2.12. The Morgan fingerprint density at radius 3 is 1.96 bits per heavy atom. The third-order valence-electron chi connectivity index (χ3n) is 3.32. The number of aliphatic imine (C=N–C) groups is 1. The third-order valence-corrected chi connectivity index (χ3v) is 3.32. The molecule has 0 atom stereocenters. The van der Waals surface area contributed by atoms with E-state index in [1.165, 1.54) is 6.92 Å². The first-order valence-corrected chi connectivity index (χ1v) is 7.04. The van der Waals surface area contributed by atoms with Crippen LogP contribution in [0.25, 0.3) is 0 Å². The van der Waals surface area contributed by atoms with Crippen LogP contribution in [0.15, 0.2) is 41.4 Å². The van der Waals surface area contributed by atoms with Crippen LogP contribution in [-0.4, -0.2) is 33.3 Å². The van der Waals surface area contributed by atoms with Crippen molar-refractivity contribution < 1.29 is 19.0 Å². The first-order valence-electron chi connectivity index (χ1n) is 7.04. The van der Waals surface area contributed by atoms with Gasteiger partial charge in [-0.15, -0.1) is 0 Å². The number of benzene rings is 2. The third kappa shape index (κ3) is 3.88. The first-order chi connectivity index (χ1) is 11.1. The Kier molecular flexibility index (Phi) is 5.36. The van der Waals surface area contributed by atoms with E-state index < -0.39 is 0 Å². The first kappa shape index (κ1) is 16.5. The number of ketones is 1. The second kappa shape index (κ2) is 7.45. The summed E-state index contributed by atoms with van der Waals surface area (Å²) in [4.78, 5) is 15.7. The van der Waals surface area contributed by atoms with Gasteiger partial charge in [0, 0.05) is 17.3 Å². The van der Waals surface area contributed by atoms with Crippen LogP contribution in [0.2, 0.25) is 0 Å². The minimum absolute atomic E-state index is 0.0326. The van der Waals surface area contributed by atoms with Crippen molar-refractivity contribution in [2.75, 3.05) is 21.3 Å². The molecule has 2 aromatic carbocycles. The Hall–Kier alpha value is -2.82. The lowest BCUT2D eigenvalue weighted by atomic mass is 10.1. The second-order valence-corrected chi connectivity index (χ2v) is 4.82. The van der Waals surface area contributed by atoms with Crippen LogP contribution in [0.3, 0.4) is 0 Å². The minimum atomic E-state index is 0.0326. The molecule has 0 N–H and O–H groups in total. The minimum Gasteiger partial charge on any atom is -0.493 e. The number of ether oxygens (including phenoxy) is 3. The molecule has 0 spiro atoms. The monoisotopic (exact) mass is 313 g/mol. The van der Waals surface area contributed by atoms with Gasteiger partial charge >= 0.3 is 0 Å². The van der Waals surface area contributed by atoms with Gasteiger partial charge < -0.3 is 14.2 Å². The van der Waals surface area contributed by atoms with Gasteiger partial charge in [-0.25, -0.2) is 0 Å². The zero-order valence-corrected chi connectivity index (χ0v) is 13.6. The van der Waals surface area contributed by atoms with Crippen LogP contribution in [-0.2, 0) is 0 Å². The Labute approximate surface area is 135 Å². The van der Waals surface area contributed by atoms with E-state index in [1.807, 2.05) is 12.1 Å². The van der Waals surface area contributed by atoms with Gasteiger partial charge in [-0.05, 0) is 43.3 Å². The largest absolute Gasteiger partial charge is 0.493 e. The van der Waals surface area contributed by atoms with Crippen LogP contribution in [0.4, 0.5) is 5.69 Å². The summed E-state index contributed by atoms with van der Waals surface area (Å²) >= 11 is 0. The van der Waals surface area contributed by atoms with Crippen molar-refractivity contribution in [1.82, 2.24) is 0 Å². The van der Waals surface area contributed by atoms with Crippen molar-refractivity contribution in [3.63, 3.8) is 0 Å². The maximum absolute atomic E-state index is 11.3. The van der Waals surface area contributed by atoms with E-state index in [9.17, 15) is 4.79 Å². The van der Waals surface area contributed by atoms with E-state index in [1.54, 1.807) is 51.8 Å². The van der Waals surface area contributed by atoms with Crippen molar-refractivity contribution in [1.29, 1.82) is 0 Å². The fourth-order valence-electron chi connectivity index (χ4n) is 2.11. The van der Waals surface area contributed by atoms with Crippen LogP contribution in [0, 0.1) is 0 Å². The molecular formula is C18H19NO4. The number of hydrogen-bond acceptors (Lipinski definition) is 5. The zero-order chi connectivity index (χ0) is 16.8. The summed E-state index contributed by atoms with van der Waals surface area (Å²) in [5, 5.41) is 0. The van der Waals surface area contributed by atoms with Gasteiger partial charge in [0.2, 0.25) is 5.75 Å². The van der Waals surface area contributed by atoms with E-state index in [4.69, 9.17) is 14.2 Å². The van der Waals surface area contributed by atoms with Gasteiger partial charge in [0.1, 0.15) is 0 Å². The number of methoxy groups -OCH3 is 3. The maximum Gasteiger partial charge on any atom is 0.203 e. The average Bonchev–Trinajstić information content (AvgIpc) is 2.59. The molecule has 2 aromatic rings. The van der Waals surface area contributed by atoms with Gasteiger partial charge in [-0.2, -0.15) is 0 Å². The normalized spacial score (nSPS) is 10.6. The molecule has 0 fully saturated rings. The molecule has 0 aromatic heterocycles. The number of rotatable bonds is 6. The van der Waals surface area contributed by atoms with Gasteiger partial charge in [0.25, 0.3) is 0 Å². The van der Waals surface area contributed by atoms with Gasteiger partial charge in [-0.3, -0.25) is 9.79 Å². The predicted octanol–water partition coefficient (Wildman–Crippen LogP) is 3.67. The summed E-state index contributed by atoms with van der Waals surface area (Å²) < 4.78 is 15.9. The molecule has 0 heterocycles. The molecular weight excluding hydrogens is 294 g/mol. The molecule has 0 aliphatic rings. The summed E-state index contributed by atoms with van der Waals surface area (Å²) in [7, 11) is 4.70. The van der Waals surface area contributed by atoms with Gasteiger partial charge in [0.15, 0.2) is 17.3 Å². The molecule has 0 unspecified atom stereocenters. The van der Waals surface area contributed by atoms with E-state index in [0.29, 0.717) is 22.8 Å². The Bertz CT molecular complexity index is 695. The molecule has 120 valence electrons. The summed E-state index contributed by atoms with van der Waals surface area (Å²) in [6, 6.07) is 10.7. The smallest absolute Gasteiger partial charge is 0.203 e.